The molecule has 1 heterocycles. The minimum atomic E-state index is 0. The van der Waals surface area contributed by atoms with Crippen molar-refractivity contribution in [3.8, 4) is 0 Å². The van der Waals surface area contributed by atoms with E-state index in [0.717, 1.165) is 30.0 Å². The third-order valence-electron chi connectivity index (χ3n) is 3.65. The first-order valence-corrected chi connectivity index (χ1v) is 7.35. The Balaban J connectivity index is 0.00000180. The fraction of sp³-hybridized carbons (Fsp3) is 0.692. The van der Waals surface area contributed by atoms with Gasteiger partial charge in [-0.15, -0.1) is 36.2 Å². The second-order valence-electron chi connectivity index (χ2n) is 5.17. The van der Waals surface area contributed by atoms with Gasteiger partial charge >= 0.3 is 0 Å². The molecule has 4 nitrogen and oxygen atoms in total. The van der Waals surface area contributed by atoms with Crippen LogP contribution in [0, 0.1) is 12.8 Å². The van der Waals surface area contributed by atoms with Crippen LogP contribution >= 0.6 is 36.2 Å². The Morgan fingerprint density at radius 1 is 1.50 bits per heavy atom. The van der Waals surface area contributed by atoms with E-state index >= 15 is 0 Å². The van der Waals surface area contributed by atoms with E-state index in [1.54, 1.807) is 16.2 Å². The highest BCUT2D eigenvalue weighted by Crippen LogP contribution is 2.27. The molecule has 7 heteroatoms. The monoisotopic (exact) mass is 339 g/mol. The van der Waals surface area contributed by atoms with E-state index in [0.29, 0.717) is 18.9 Å². The molecule has 1 saturated carbocycles. The first-order valence-electron chi connectivity index (χ1n) is 6.47. The summed E-state index contributed by atoms with van der Waals surface area (Å²) in [6.07, 6.45) is 3.90. The first kappa shape index (κ1) is 19.6. The van der Waals surface area contributed by atoms with Crippen LogP contribution in [0.1, 0.15) is 36.4 Å². The van der Waals surface area contributed by atoms with Gasteiger partial charge in [-0.25, -0.2) is 4.98 Å². The average molecular weight is 340 g/mol. The van der Waals surface area contributed by atoms with Gasteiger partial charge in [0.25, 0.3) is 0 Å². The van der Waals surface area contributed by atoms with E-state index in [-0.39, 0.29) is 36.8 Å². The van der Waals surface area contributed by atoms with Crippen molar-refractivity contribution < 1.29 is 4.79 Å². The summed E-state index contributed by atoms with van der Waals surface area (Å²) in [5, 5.41) is 3.06. The number of amides is 1. The van der Waals surface area contributed by atoms with Gasteiger partial charge in [0.05, 0.1) is 17.2 Å². The number of hydrogen-bond donors (Lipinski definition) is 1. The predicted molar refractivity (Wildman–Crippen MR) is 87.8 cm³/mol. The molecule has 2 rings (SSSR count). The highest BCUT2D eigenvalue weighted by Gasteiger charge is 2.27. The lowest BCUT2D eigenvalue weighted by atomic mass is 9.99. The Labute approximate surface area is 137 Å². The van der Waals surface area contributed by atoms with Gasteiger partial charge < -0.3 is 10.6 Å². The van der Waals surface area contributed by atoms with Crippen LogP contribution in [0.5, 0.6) is 0 Å². The van der Waals surface area contributed by atoms with Gasteiger partial charge in [0, 0.05) is 24.9 Å². The lowest BCUT2D eigenvalue weighted by molar-refractivity contribution is -0.131. The van der Waals surface area contributed by atoms with Gasteiger partial charge in [-0.05, 0) is 25.7 Å². The summed E-state index contributed by atoms with van der Waals surface area (Å²) < 4.78 is 0. The van der Waals surface area contributed by atoms with Crippen LogP contribution in [0.15, 0.2) is 5.38 Å². The standard InChI is InChI=1S/C13H21N3OS.2ClH/c1-9-15-11(8-18-9)7-16(2)13(17)6-10-4-3-5-12(10)14;;/h8,10,12H,3-7,14H2,1-2H3;2*1H/t10-,12+;;/m0../s1. The molecule has 0 unspecified atom stereocenters. The van der Waals surface area contributed by atoms with E-state index in [9.17, 15) is 4.79 Å². The van der Waals surface area contributed by atoms with Gasteiger partial charge in [0.1, 0.15) is 0 Å². The number of hydrogen-bond acceptors (Lipinski definition) is 4. The zero-order valence-corrected chi connectivity index (χ0v) is 14.3. The van der Waals surface area contributed by atoms with E-state index < -0.39 is 0 Å². The maximum absolute atomic E-state index is 12.1. The third kappa shape index (κ3) is 5.20. The molecule has 1 amide bonds. The normalized spacial score (nSPS) is 20.9. The number of carbonyl (C=O) groups excluding carboxylic acids is 1. The summed E-state index contributed by atoms with van der Waals surface area (Å²) in [5.41, 5.74) is 6.98. The maximum atomic E-state index is 12.1. The van der Waals surface area contributed by atoms with Crippen molar-refractivity contribution in [2.24, 2.45) is 11.7 Å². The van der Waals surface area contributed by atoms with Crippen molar-refractivity contribution in [1.82, 2.24) is 9.88 Å². The minimum absolute atomic E-state index is 0. The summed E-state index contributed by atoms with van der Waals surface area (Å²) >= 11 is 1.62. The fourth-order valence-corrected chi connectivity index (χ4v) is 3.11. The third-order valence-corrected chi connectivity index (χ3v) is 4.47. The summed E-state index contributed by atoms with van der Waals surface area (Å²) in [7, 11) is 1.84. The zero-order valence-electron chi connectivity index (χ0n) is 11.9. The van der Waals surface area contributed by atoms with Crippen LogP contribution in [0.2, 0.25) is 0 Å². The van der Waals surface area contributed by atoms with Crippen LogP contribution in [0.4, 0.5) is 0 Å². The molecule has 2 N–H and O–H groups in total. The Hall–Kier alpha value is -0.360. The molecule has 20 heavy (non-hydrogen) atoms. The quantitative estimate of drug-likeness (QED) is 0.917. The zero-order chi connectivity index (χ0) is 13.1. The fourth-order valence-electron chi connectivity index (χ4n) is 2.51. The van der Waals surface area contributed by atoms with Crippen molar-refractivity contribution in [3.05, 3.63) is 16.1 Å². The SMILES string of the molecule is Cc1nc(CN(C)C(=O)C[C@@H]2CCC[C@H]2N)cs1.Cl.Cl. The molecule has 1 aliphatic rings. The molecule has 2 atom stereocenters. The van der Waals surface area contributed by atoms with Gasteiger partial charge in [-0.2, -0.15) is 0 Å². The second kappa shape index (κ2) is 8.82. The van der Waals surface area contributed by atoms with E-state index in [2.05, 4.69) is 4.98 Å². The van der Waals surface area contributed by atoms with Gasteiger partial charge in [0.15, 0.2) is 0 Å². The second-order valence-corrected chi connectivity index (χ2v) is 6.23. The van der Waals surface area contributed by atoms with Crippen LogP contribution in [-0.2, 0) is 11.3 Å². The largest absolute Gasteiger partial charge is 0.340 e. The Morgan fingerprint density at radius 2 is 2.20 bits per heavy atom. The molecule has 0 aromatic carbocycles. The Bertz CT molecular complexity index is 428. The van der Waals surface area contributed by atoms with Gasteiger partial charge in [0.2, 0.25) is 5.91 Å². The smallest absolute Gasteiger partial charge is 0.223 e. The molecule has 1 fully saturated rings. The number of halogens is 2. The minimum Gasteiger partial charge on any atom is -0.340 e. The van der Waals surface area contributed by atoms with E-state index in [4.69, 9.17) is 5.73 Å². The lowest BCUT2D eigenvalue weighted by Crippen LogP contribution is -2.32. The maximum Gasteiger partial charge on any atom is 0.223 e. The van der Waals surface area contributed by atoms with Crippen LogP contribution in [0.25, 0.3) is 0 Å². The van der Waals surface area contributed by atoms with Crippen LogP contribution in [-0.4, -0.2) is 28.9 Å². The molecular weight excluding hydrogens is 317 g/mol. The van der Waals surface area contributed by atoms with E-state index in [1.807, 2.05) is 19.4 Å². The highest BCUT2D eigenvalue weighted by molar-refractivity contribution is 7.09. The van der Waals surface area contributed by atoms with Gasteiger partial charge in [-0.1, -0.05) is 6.42 Å². The molecule has 0 aliphatic heterocycles. The number of thiazole rings is 1. The highest BCUT2D eigenvalue weighted by atomic mass is 35.5. The van der Waals surface area contributed by atoms with Crippen molar-refractivity contribution in [2.75, 3.05) is 7.05 Å². The number of aryl methyl sites for hydroxylation is 1. The summed E-state index contributed by atoms with van der Waals surface area (Å²) in [4.78, 5) is 18.2. The molecule has 0 saturated heterocycles. The number of aromatic nitrogens is 1. The lowest BCUT2D eigenvalue weighted by Gasteiger charge is -2.20. The summed E-state index contributed by atoms with van der Waals surface area (Å²) in [5.74, 6) is 0.556. The predicted octanol–water partition coefficient (Wildman–Crippen LogP) is 2.77. The number of rotatable bonds is 4. The number of nitrogens with two attached hydrogens (primary N) is 1. The molecule has 1 aromatic heterocycles. The molecule has 0 radical (unpaired) electrons. The van der Waals surface area contributed by atoms with E-state index in [1.165, 1.54) is 0 Å². The Morgan fingerprint density at radius 3 is 2.70 bits per heavy atom. The molecule has 116 valence electrons. The van der Waals surface area contributed by atoms with Crippen molar-refractivity contribution in [2.45, 2.75) is 45.2 Å². The average Bonchev–Trinajstić information content (AvgIpc) is 2.89. The van der Waals surface area contributed by atoms with Crippen molar-refractivity contribution >= 4 is 42.1 Å². The van der Waals surface area contributed by atoms with Crippen molar-refractivity contribution in [3.63, 3.8) is 0 Å². The molecule has 1 aliphatic carbocycles. The van der Waals surface area contributed by atoms with Crippen LogP contribution in [0.3, 0.4) is 0 Å². The van der Waals surface area contributed by atoms with Gasteiger partial charge in [-0.3, -0.25) is 4.79 Å². The molecule has 1 aromatic rings. The number of carbonyl (C=O) groups is 1. The van der Waals surface area contributed by atoms with Crippen LogP contribution < -0.4 is 5.73 Å². The molecule has 0 bridgehead atoms. The first-order chi connectivity index (χ1) is 8.56. The topological polar surface area (TPSA) is 59.2 Å². The van der Waals surface area contributed by atoms with Crippen molar-refractivity contribution in [1.29, 1.82) is 0 Å². The Kier molecular flexibility index (Phi) is 8.66. The number of nitrogens with zero attached hydrogens (tertiary/aromatic N) is 2. The summed E-state index contributed by atoms with van der Waals surface area (Å²) in [6.45, 7) is 2.58. The molecule has 0 spiro atoms. The summed E-state index contributed by atoms with van der Waals surface area (Å²) in [6, 6.07) is 0.212. The molecular formula is C13H23Cl2N3OS.